The largest absolute Gasteiger partial charge is 0.314 e. The normalized spacial score (nSPS) is 18.9. The van der Waals surface area contributed by atoms with Crippen LogP contribution in [0.1, 0.15) is 46.0 Å². The number of nitrogens with zero attached hydrogens (tertiary/aromatic N) is 1. The van der Waals surface area contributed by atoms with E-state index in [4.69, 9.17) is 0 Å². The number of unbranched alkanes of at least 4 members (excludes halogenated alkanes) is 1. The predicted octanol–water partition coefficient (Wildman–Crippen LogP) is 2.25. The third kappa shape index (κ3) is 4.97. The number of rotatable bonds is 8. The van der Waals surface area contributed by atoms with Crippen molar-refractivity contribution in [3.8, 4) is 0 Å². The molecule has 1 atom stereocenters. The van der Waals surface area contributed by atoms with Gasteiger partial charge in [-0.25, -0.2) is 0 Å². The molecule has 0 aromatic rings. The van der Waals surface area contributed by atoms with Gasteiger partial charge in [0, 0.05) is 12.1 Å². The Balaban J connectivity index is 1.86. The van der Waals surface area contributed by atoms with Crippen LogP contribution in [0.5, 0.6) is 0 Å². The molecule has 1 aliphatic carbocycles. The third-order valence-electron chi connectivity index (χ3n) is 3.29. The van der Waals surface area contributed by atoms with Gasteiger partial charge in [-0.15, -0.1) is 0 Å². The molecule has 0 aromatic carbocycles. The summed E-state index contributed by atoms with van der Waals surface area (Å²) in [5, 5.41) is 3.56. The zero-order valence-electron chi connectivity index (χ0n) is 10.1. The predicted molar refractivity (Wildman–Crippen MR) is 62.6 cm³/mol. The van der Waals surface area contributed by atoms with Crippen molar-refractivity contribution in [2.24, 2.45) is 0 Å². The summed E-state index contributed by atoms with van der Waals surface area (Å²) in [7, 11) is 2.24. The van der Waals surface area contributed by atoms with Gasteiger partial charge in [-0.05, 0) is 59.2 Å². The first-order valence-electron chi connectivity index (χ1n) is 6.17. The van der Waals surface area contributed by atoms with Crippen LogP contribution in [-0.4, -0.2) is 37.1 Å². The number of hydrogen-bond donors (Lipinski definition) is 1. The van der Waals surface area contributed by atoms with Gasteiger partial charge in [0.1, 0.15) is 0 Å². The lowest BCUT2D eigenvalue weighted by molar-refractivity contribution is 0.247. The Labute approximate surface area is 89.1 Å². The molecule has 1 aliphatic rings. The zero-order chi connectivity index (χ0) is 10.4. The molecule has 0 spiro atoms. The van der Waals surface area contributed by atoms with Crippen molar-refractivity contribution in [1.82, 2.24) is 10.2 Å². The summed E-state index contributed by atoms with van der Waals surface area (Å²) in [6.45, 7) is 7.04. The molecule has 1 fully saturated rings. The Hall–Kier alpha value is -0.0800. The van der Waals surface area contributed by atoms with Gasteiger partial charge in [0.25, 0.3) is 0 Å². The standard InChI is InChI=1S/C12H26N2/c1-4-11(2)14(3)10-6-5-9-13-12-7-8-12/h11-13H,4-10H2,1-3H3. The summed E-state index contributed by atoms with van der Waals surface area (Å²) in [4.78, 5) is 2.47. The molecule has 1 N–H and O–H groups in total. The fraction of sp³-hybridized carbons (Fsp3) is 1.00. The Bertz CT molecular complexity index is 143. The molecule has 1 unspecified atom stereocenters. The van der Waals surface area contributed by atoms with Gasteiger partial charge in [-0.2, -0.15) is 0 Å². The highest BCUT2D eigenvalue weighted by molar-refractivity contribution is 4.80. The van der Waals surface area contributed by atoms with Gasteiger partial charge in [0.05, 0.1) is 0 Å². The zero-order valence-corrected chi connectivity index (χ0v) is 10.1. The van der Waals surface area contributed by atoms with Gasteiger partial charge >= 0.3 is 0 Å². The van der Waals surface area contributed by atoms with E-state index in [0.29, 0.717) is 0 Å². The fourth-order valence-corrected chi connectivity index (χ4v) is 1.61. The first-order chi connectivity index (χ1) is 6.74. The molecule has 0 bridgehead atoms. The molecule has 1 rings (SSSR count). The lowest BCUT2D eigenvalue weighted by Gasteiger charge is -2.23. The molecule has 0 saturated heterocycles. The highest BCUT2D eigenvalue weighted by Gasteiger charge is 2.19. The second-order valence-corrected chi connectivity index (χ2v) is 4.67. The van der Waals surface area contributed by atoms with Gasteiger partial charge in [0.2, 0.25) is 0 Å². The maximum atomic E-state index is 3.56. The second-order valence-electron chi connectivity index (χ2n) is 4.67. The Kier molecular flexibility index (Phi) is 5.49. The maximum Gasteiger partial charge on any atom is 0.00682 e. The minimum absolute atomic E-state index is 0.742. The van der Waals surface area contributed by atoms with Crippen molar-refractivity contribution < 1.29 is 0 Å². The van der Waals surface area contributed by atoms with Crippen molar-refractivity contribution >= 4 is 0 Å². The third-order valence-corrected chi connectivity index (χ3v) is 3.29. The Morgan fingerprint density at radius 3 is 2.64 bits per heavy atom. The van der Waals surface area contributed by atoms with Crippen LogP contribution in [0.2, 0.25) is 0 Å². The molecule has 0 amide bonds. The molecule has 14 heavy (non-hydrogen) atoms. The lowest BCUT2D eigenvalue weighted by Crippen LogP contribution is -2.29. The van der Waals surface area contributed by atoms with Crippen LogP contribution in [0.4, 0.5) is 0 Å². The molecule has 1 saturated carbocycles. The Morgan fingerprint density at radius 1 is 1.36 bits per heavy atom. The maximum absolute atomic E-state index is 3.56. The molecule has 0 aliphatic heterocycles. The van der Waals surface area contributed by atoms with Crippen LogP contribution >= 0.6 is 0 Å². The fourth-order valence-electron chi connectivity index (χ4n) is 1.61. The monoisotopic (exact) mass is 198 g/mol. The highest BCUT2D eigenvalue weighted by atomic mass is 15.1. The van der Waals surface area contributed by atoms with Crippen molar-refractivity contribution in [3.63, 3.8) is 0 Å². The van der Waals surface area contributed by atoms with E-state index >= 15 is 0 Å². The topological polar surface area (TPSA) is 15.3 Å². The van der Waals surface area contributed by atoms with Gasteiger partial charge in [-0.3, -0.25) is 0 Å². The molecule has 2 heteroatoms. The smallest absolute Gasteiger partial charge is 0.00682 e. The molecular weight excluding hydrogens is 172 g/mol. The van der Waals surface area contributed by atoms with Crippen LogP contribution in [-0.2, 0) is 0 Å². The van der Waals surface area contributed by atoms with Gasteiger partial charge < -0.3 is 10.2 Å². The van der Waals surface area contributed by atoms with Crippen molar-refractivity contribution in [2.45, 2.75) is 58.0 Å². The Morgan fingerprint density at radius 2 is 2.07 bits per heavy atom. The highest BCUT2D eigenvalue weighted by Crippen LogP contribution is 2.18. The van der Waals surface area contributed by atoms with Gasteiger partial charge in [-0.1, -0.05) is 6.92 Å². The summed E-state index contributed by atoms with van der Waals surface area (Å²) in [6.07, 6.45) is 6.74. The van der Waals surface area contributed by atoms with E-state index < -0.39 is 0 Å². The average Bonchev–Trinajstić information content (AvgIpc) is 2.99. The van der Waals surface area contributed by atoms with E-state index in [0.717, 1.165) is 12.1 Å². The minimum Gasteiger partial charge on any atom is -0.314 e. The number of hydrogen-bond acceptors (Lipinski definition) is 2. The molecule has 0 aromatic heterocycles. The summed E-state index contributed by atoms with van der Waals surface area (Å²) in [6, 6.07) is 1.62. The van der Waals surface area contributed by atoms with E-state index in [2.05, 4.69) is 31.1 Å². The first-order valence-corrected chi connectivity index (χ1v) is 6.17. The van der Waals surface area contributed by atoms with Crippen LogP contribution in [0.3, 0.4) is 0 Å². The SMILES string of the molecule is CCC(C)N(C)CCCCNC1CC1. The van der Waals surface area contributed by atoms with E-state index in [1.165, 1.54) is 45.2 Å². The van der Waals surface area contributed by atoms with Crippen LogP contribution in [0.25, 0.3) is 0 Å². The molecule has 0 radical (unpaired) electrons. The quantitative estimate of drug-likeness (QED) is 0.602. The van der Waals surface area contributed by atoms with E-state index in [-0.39, 0.29) is 0 Å². The minimum atomic E-state index is 0.742. The average molecular weight is 198 g/mol. The summed E-state index contributed by atoms with van der Waals surface area (Å²) in [5.74, 6) is 0. The van der Waals surface area contributed by atoms with Gasteiger partial charge in [0.15, 0.2) is 0 Å². The first kappa shape index (κ1) is 12.0. The summed E-state index contributed by atoms with van der Waals surface area (Å²) >= 11 is 0. The van der Waals surface area contributed by atoms with Crippen LogP contribution < -0.4 is 5.32 Å². The molecular formula is C12H26N2. The summed E-state index contributed by atoms with van der Waals surface area (Å²) in [5.41, 5.74) is 0. The molecule has 2 nitrogen and oxygen atoms in total. The lowest BCUT2D eigenvalue weighted by atomic mass is 10.2. The van der Waals surface area contributed by atoms with E-state index in [1.54, 1.807) is 0 Å². The van der Waals surface area contributed by atoms with Crippen molar-refractivity contribution in [2.75, 3.05) is 20.1 Å². The van der Waals surface area contributed by atoms with E-state index in [1.807, 2.05) is 0 Å². The second kappa shape index (κ2) is 6.41. The van der Waals surface area contributed by atoms with Crippen LogP contribution in [0, 0.1) is 0 Å². The molecule has 0 heterocycles. The van der Waals surface area contributed by atoms with Crippen LogP contribution in [0.15, 0.2) is 0 Å². The number of nitrogens with one attached hydrogen (secondary N) is 1. The van der Waals surface area contributed by atoms with Crippen molar-refractivity contribution in [3.05, 3.63) is 0 Å². The summed E-state index contributed by atoms with van der Waals surface area (Å²) < 4.78 is 0. The van der Waals surface area contributed by atoms with Crippen molar-refractivity contribution in [1.29, 1.82) is 0 Å². The van der Waals surface area contributed by atoms with E-state index in [9.17, 15) is 0 Å². The molecule has 84 valence electrons.